The van der Waals surface area contributed by atoms with Crippen molar-refractivity contribution in [3.63, 3.8) is 0 Å². The average molecular weight is 468 g/mol. The first-order chi connectivity index (χ1) is 14.7. The largest absolute Gasteiger partial charge is 0.496 e. The number of rotatable bonds is 7. The Hall–Kier alpha value is -2.63. The number of carbonyl (C=O) groups is 1. The molecule has 1 heterocycles. The van der Waals surface area contributed by atoms with E-state index in [9.17, 15) is 21.6 Å². The minimum absolute atomic E-state index is 0.0795. The number of hydrogen-bond donors (Lipinski definition) is 2. The zero-order valence-electron chi connectivity index (χ0n) is 17.3. The Balaban J connectivity index is 1.83. The van der Waals surface area contributed by atoms with Crippen molar-refractivity contribution in [2.45, 2.75) is 29.1 Å². The Bertz CT molecular complexity index is 1160. The Morgan fingerprint density at radius 1 is 0.935 bits per heavy atom. The maximum absolute atomic E-state index is 12.8. The maximum Gasteiger partial charge on any atom is 0.261 e. The minimum Gasteiger partial charge on any atom is -0.496 e. The lowest BCUT2D eigenvalue weighted by Crippen LogP contribution is -2.35. The molecule has 1 saturated heterocycles. The quantitative estimate of drug-likeness (QED) is 0.643. The molecular weight excluding hydrogens is 442 g/mol. The van der Waals surface area contributed by atoms with Gasteiger partial charge in [0.05, 0.1) is 22.5 Å². The summed E-state index contributed by atoms with van der Waals surface area (Å²) in [6, 6.07) is 9.50. The van der Waals surface area contributed by atoms with Gasteiger partial charge in [0, 0.05) is 25.8 Å². The van der Waals surface area contributed by atoms with Gasteiger partial charge in [0.2, 0.25) is 10.0 Å². The van der Waals surface area contributed by atoms with Crippen molar-refractivity contribution in [2.24, 2.45) is 0 Å². The first kappa shape index (κ1) is 23.0. The second-order valence-electron chi connectivity index (χ2n) is 7.04. The van der Waals surface area contributed by atoms with Crippen LogP contribution in [0.4, 0.5) is 5.69 Å². The van der Waals surface area contributed by atoms with E-state index < -0.39 is 26.0 Å². The van der Waals surface area contributed by atoms with E-state index in [2.05, 4.69) is 10.0 Å². The minimum atomic E-state index is -4.02. The van der Waals surface area contributed by atoms with E-state index in [-0.39, 0.29) is 26.8 Å². The molecule has 9 nitrogen and oxygen atoms in total. The first-order valence-corrected chi connectivity index (χ1v) is 12.6. The number of benzene rings is 2. The van der Waals surface area contributed by atoms with Crippen LogP contribution in [0.5, 0.6) is 5.75 Å². The van der Waals surface area contributed by atoms with E-state index >= 15 is 0 Å². The first-order valence-electron chi connectivity index (χ1n) is 9.72. The van der Waals surface area contributed by atoms with Crippen LogP contribution in [-0.4, -0.2) is 54.3 Å². The molecule has 1 aliphatic heterocycles. The summed E-state index contributed by atoms with van der Waals surface area (Å²) >= 11 is 0. The summed E-state index contributed by atoms with van der Waals surface area (Å²) in [5.74, 6) is -0.244. The van der Waals surface area contributed by atoms with E-state index in [1.54, 1.807) is 0 Å². The molecule has 3 rings (SSSR count). The average Bonchev–Trinajstić information content (AvgIpc) is 2.78. The summed E-state index contributed by atoms with van der Waals surface area (Å²) in [7, 11) is -4.81. The van der Waals surface area contributed by atoms with Gasteiger partial charge in [0.25, 0.3) is 15.9 Å². The lowest BCUT2D eigenvalue weighted by Gasteiger charge is -2.25. The molecule has 168 valence electrons. The molecule has 0 unspecified atom stereocenters. The summed E-state index contributed by atoms with van der Waals surface area (Å²) in [6.07, 6.45) is 2.67. The molecule has 2 aromatic rings. The van der Waals surface area contributed by atoms with Gasteiger partial charge < -0.3 is 10.1 Å². The van der Waals surface area contributed by atoms with E-state index in [0.29, 0.717) is 13.1 Å². The predicted molar refractivity (Wildman–Crippen MR) is 116 cm³/mol. The molecule has 0 aliphatic carbocycles. The maximum atomic E-state index is 12.8. The van der Waals surface area contributed by atoms with Crippen molar-refractivity contribution in [3.8, 4) is 5.75 Å². The number of sulfonamides is 2. The predicted octanol–water partition coefficient (Wildman–Crippen LogP) is 2.03. The zero-order chi connectivity index (χ0) is 22.6. The molecular formula is C20H25N3O6S2. The molecule has 2 N–H and O–H groups in total. The molecule has 0 aromatic heterocycles. The number of piperidine rings is 1. The molecule has 1 fully saturated rings. The van der Waals surface area contributed by atoms with Crippen molar-refractivity contribution in [1.29, 1.82) is 0 Å². The van der Waals surface area contributed by atoms with Gasteiger partial charge in [-0.2, -0.15) is 4.31 Å². The van der Waals surface area contributed by atoms with Gasteiger partial charge in [-0.3, -0.25) is 9.52 Å². The second-order valence-corrected chi connectivity index (χ2v) is 10.7. The Morgan fingerprint density at radius 2 is 1.55 bits per heavy atom. The zero-order valence-corrected chi connectivity index (χ0v) is 18.9. The molecule has 1 aliphatic rings. The Morgan fingerprint density at radius 3 is 2.13 bits per heavy atom. The summed E-state index contributed by atoms with van der Waals surface area (Å²) in [6.45, 7) is 0.976. The highest BCUT2D eigenvalue weighted by Crippen LogP contribution is 2.26. The Kier molecular flexibility index (Phi) is 6.87. The van der Waals surface area contributed by atoms with Crippen LogP contribution in [0.1, 0.15) is 29.6 Å². The molecule has 0 radical (unpaired) electrons. The highest BCUT2D eigenvalue weighted by molar-refractivity contribution is 7.92. The van der Waals surface area contributed by atoms with Gasteiger partial charge in [-0.1, -0.05) is 6.42 Å². The topological polar surface area (TPSA) is 122 Å². The normalized spacial score (nSPS) is 15.3. The third-order valence-electron chi connectivity index (χ3n) is 5.01. The van der Waals surface area contributed by atoms with E-state index in [1.807, 2.05) is 0 Å². The monoisotopic (exact) mass is 467 g/mol. The fraction of sp³-hybridized carbons (Fsp3) is 0.350. The summed E-state index contributed by atoms with van der Waals surface area (Å²) in [4.78, 5) is 12.0. The lowest BCUT2D eigenvalue weighted by molar-refractivity contribution is 0.0960. The number of ether oxygens (including phenoxy) is 1. The lowest BCUT2D eigenvalue weighted by atomic mass is 10.2. The van der Waals surface area contributed by atoms with Crippen LogP contribution >= 0.6 is 0 Å². The highest BCUT2D eigenvalue weighted by atomic mass is 32.2. The molecule has 2 aromatic carbocycles. The fourth-order valence-corrected chi connectivity index (χ4v) is 5.93. The molecule has 11 heteroatoms. The molecule has 31 heavy (non-hydrogen) atoms. The van der Waals surface area contributed by atoms with Crippen molar-refractivity contribution < 1.29 is 26.4 Å². The highest BCUT2D eigenvalue weighted by Gasteiger charge is 2.26. The van der Waals surface area contributed by atoms with E-state index in [1.165, 1.54) is 60.9 Å². The van der Waals surface area contributed by atoms with Crippen LogP contribution < -0.4 is 14.8 Å². The standard InChI is InChI=1S/C20H25N3O6S2/c1-21-20(24)18-14-17(10-11-19(18)29-2)30(25,26)22-15-6-8-16(9-7-15)31(27,28)23-12-4-3-5-13-23/h6-11,14,22H,3-5,12-13H2,1-2H3,(H,21,24). The summed E-state index contributed by atoms with van der Waals surface area (Å²) in [5, 5.41) is 2.44. The number of hydrogen-bond acceptors (Lipinski definition) is 6. The molecule has 0 bridgehead atoms. The van der Waals surface area contributed by atoms with Crippen molar-refractivity contribution in [1.82, 2.24) is 9.62 Å². The summed E-state index contributed by atoms with van der Waals surface area (Å²) in [5.41, 5.74) is 0.283. The number of nitrogens with one attached hydrogen (secondary N) is 2. The van der Waals surface area contributed by atoms with E-state index in [4.69, 9.17) is 4.74 Å². The fourth-order valence-electron chi connectivity index (χ4n) is 3.33. The van der Waals surface area contributed by atoms with Crippen LogP contribution in [0.15, 0.2) is 52.3 Å². The number of amides is 1. The van der Waals surface area contributed by atoms with E-state index in [0.717, 1.165) is 19.3 Å². The number of nitrogens with zero attached hydrogens (tertiary/aromatic N) is 1. The van der Waals surface area contributed by atoms with Crippen LogP contribution in [0.3, 0.4) is 0 Å². The van der Waals surface area contributed by atoms with Gasteiger partial charge in [-0.05, 0) is 55.3 Å². The Labute approximate surface area is 182 Å². The van der Waals surface area contributed by atoms with Crippen LogP contribution in [0.2, 0.25) is 0 Å². The van der Waals surface area contributed by atoms with Crippen LogP contribution in [0, 0.1) is 0 Å². The second kappa shape index (κ2) is 9.25. The number of carbonyl (C=O) groups excluding carboxylic acids is 1. The van der Waals surface area contributed by atoms with Gasteiger partial charge in [-0.25, -0.2) is 16.8 Å². The van der Waals surface area contributed by atoms with Gasteiger partial charge in [0.1, 0.15) is 5.75 Å². The SMILES string of the molecule is CNC(=O)c1cc(S(=O)(=O)Nc2ccc(S(=O)(=O)N3CCCCC3)cc2)ccc1OC. The molecule has 0 spiro atoms. The molecule has 0 atom stereocenters. The van der Waals surface area contributed by atoms with Crippen molar-refractivity contribution in [3.05, 3.63) is 48.0 Å². The molecule has 1 amide bonds. The smallest absolute Gasteiger partial charge is 0.261 e. The van der Waals surface area contributed by atoms with Crippen molar-refractivity contribution in [2.75, 3.05) is 32.0 Å². The van der Waals surface area contributed by atoms with Crippen LogP contribution in [-0.2, 0) is 20.0 Å². The van der Waals surface area contributed by atoms with Gasteiger partial charge in [0.15, 0.2) is 0 Å². The van der Waals surface area contributed by atoms with Crippen molar-refractivity contribution >= 4 is 31.6 Å². The van der Waals surface area contributed by atoms with Crippen LogP contribution in [0.25, 0.3) is 0 Å². The number of methoxy groups -OCH3 is 1. The third-order valence-corrected chi connectivity index (χ3v) is 8.30. The van der Waals surface area contributed by atoms with Gasteiger partial charge >= 0.3 is 0 Å². The van der Waals surface area contributed by atoms with Gasteiger partial charge in [-0.15, -0.1) is 0 Å². The summed E-state index contributed by atoms with van der Waals surface area (Å²) < 4.78 is 60.0. The molecule has 0 saturated carbocycles. The third kappa shape index (κ3) is 5.00. The number of anilines is 1.